The van der Waals surface area contributed by atoms with E-state index in [1.807, 2.05) is 13.8 Å². The van der Waals surface area contributed by atoms with Crippen molar-refractivity contribution >= 4 is 5.91 Å². The fraction of sp³-hybridized carbons (Fsp3) is 0.917. The summed E-state index contributed by atoms with van der Waals surface area (Å²) in [7, 11) is 0. The summed E-state index contributed by atoms with van der Waals surface area (Å²) >= 11 is 0. The summed E-state index contributed by atoms with van der Waals surface area (Å²) in [6, 6.07) is 0.509. The lowest BCUT2D eigenvalue weighted by atomic mass is 10.3. The minimum absolute atomic E-state index is 0.0743. The van der Waals surface area contributed by atoms with Crippen LogP contribution in [0, 0.1) is 0 Å². The molecule has 0 aromatic rings. The fourth-order valence-corrected chi connectivity index (χ4v) is 1.18. The van der Waals surface area contributed by atoms with Crippen LogP contribution >= 0.6 is 0 Å². The van der Waals surface area contributed by atoms with Gasteiger partial charge >= 0.3 is 0 Å². The number of ether oxygens (including phenoxy) is 1. The molecule has 0 saturated carbocycles. The second-order valence-corrected chi connectivity index (χ2v) is 4.48. The van der Waals surface area contributed by atoms with Crippen molar-refractivity contribution in [2.24, 2.45) is 0 Å². The topological polar surface area (TPSA) is 50.4 Å². The lowest BCUT2D eigenvalue weighted by molar-refractivity contribution is -0.122. The molecule has 1 amide bonds. The van der Waals surface area contributed by atoms with Gasteiger partial charge in [-0.2, -0.15) is 0 Å². The number of carbonyl (C=O) groups excluding carboxylic acids is 1. The Morgan fingerprint density at radius 3 is 2.44 bits per heavy atom. The maximum absolute atomic E-state index is 11.3. The van der Waals surface area contributed by atoms with Gasteiger partial charge in [-0.15, -0.1) is 0 Å². The van der Waals surface area contributed by atoms with Gasteiger partial charge in [0.05, 0.1) is 12.7 Å². The second-order valence-electron chi connectivity index (χ2n) is 4.48. The SMILES string of the molecule is CC(C)NCCCNC(=O)CCOC(C)C. The molecule has 96 valence electrons. The molecule has 16 heavy (non-hydrogen) atoms. The van der Waals surface area contributed by atoms with Crippen molar-refractivity contribution in [1.29, 1.82) is 0 Å². The predicted octanol–water partition coefficient (Wildman–Crippen LogP) is 1.31. The summed E-state index contributed by atoms with van der Waals surface area (Å²) in [6.07, 6.45) is 1.62. The monoisotopic (exact) mass is 230 g/mol. The molecule has 0 radical (unpaired) electrons. The molecule has 4 heteroatoms. The summed E-state index contributed by atoms with van der Waals surface area (Å²) < 4.78 is 5.30. The Balaban J connectivity index is 3.24. The lowest BCUT2D eigenvalue weighted by Crippen LogP contribution is -2.30. The van der Waals surface area contributed by atoms with Gasteiger partial charge in [-0.05, 0) is 26.8 Å². The summed E-state index contributed by atoms with van der Waals surface area (Å²) in [6.45, 7) is 10.4. The van der Waals surface area contributed by atoms with E-state index in [9.17, 15) is 4.79 Å². The molecule has 2 N–H and O–H groups in total. The number of rotatable bonds is 9. The number of hydrogen-bond acceptors (Lipinski definition) is 3. The quantitative estimate of drug-likeness (QED) is 0.587. The van der Waals surface area contributed by atoms with E-state index in [1.54, 1.807) is 0 Å². The standard InChI is InChI=1S/C12H26N2O2/c1-10(2)13-7-5-8-14-12(15)6-9-16-11(3)4/h10-11,13H,5-9H2,1-4H3,(H,14,15). The normalized spacial score (nSPS) is 11.1. The van der Waals surface area contributed by atoms with E-state index >= 15 is 0 Å². The zero-order valence-corrected chi connectivity index (χ0v) is 11.0. The Labute approximate surface area is 99.1 Å². The van der Waals surface area contributed by atoms with Gasteiger partial charge in [0.1, 0.15) is 0 Å². The first-order chi connectivity index (χ1) is 7.52. The maximum Gasteiger partial charge on any atom is 0.222 e. The maximum atomic E-state index is 11.3. The minimum atomic E-state index is 0.0743. The van der Waals surface area contributed by atoms with Crippen molar-refractivity contribution < 1.29 is 9.53 Å². The molecule has 0 unspecified atom stereocenters. The third-order valence-electron chi connectivity index (χ3n) is 2.01. The van der Waals surface area contributed by atoms with Gasteiger partial charge < -0.3 is 15.4 Å². The van der Waals surface area contributed by atoms with Crippen LogP contribution in [0.25, 0.3) is 0 Å². The highest BCUT2D eigenvalue weighted by atomic mass is 16.5. The highest BCUT2D eigenvalue weighted by Crippen LogP contribution is 1.90. The predicted molar refractivity (Wildman–Crippen MR) is 66.5 cm³/mol. The van der Waals surface area contributed by atoms with Crippen molar-refractivity contribution in [3.05, 3.63) is 0 Å². The van der Waals surface area contributed by atoms with Gasteiger partial charge in [0, 0.05) is 19.0 Å². The molecule has 0 aromatic heterocycles. The summed E-state index contributed by atoms with van der Waals surface area (Å²) in [4.78, 5) is 11.3. The van der Waals surface area contributed by atoms with Gasteiger partial charge in [0.25, 0.3) is 0 Å². The molecule has 0 heterocycles. The van der Waals surface area contributed by atoms with Gasteiger partial charge in [-0.1, -0.05) is 13.8 Å². The van der Waals surface area contributed by atoms with Crippen molar-refractivity contribution in [3.8, 4) is 0 Å². The van der Waals surface area contributed by atoms with Crippen molar-refractivity contribution in [2.45, 2.75) is 52.7 Å². The zero-order chi connectivity index (χ0) is 12.4. The molecule has 0 spiro atoms. The van der Waals surface area contributed by atoms with Crippen LogP contribution in [0.2, 0.25) is 0 Å². The van der Waals surface area contributed by atoms with E-state index in [0.29, 0.717) is 19.1 Å². The van der Waals surface area contributed by atoms with Gasteiger partial charge in [0.2, 0.25) is 5.91 Å². The molecule has 4 nitrogen and oxygen atoms in total. The molecule has 0 bridgehead atoms. The molecule has 0 fully saturated rings. The Morgan fingerprint density at radius 2 is 1.88 bits per heavy atom. The van der Waals surface area contributed by atoms with Crippen LogP contribution in [-0.2, 0) is 9.53 Å². The lowest BCUT2D eigenvalue weighted by Gasteiger charge is -2.09. The number of hydrogen-bond donors (Lipinski definition) is 2. The van der Waals surface area contributed by atoms with Crippen molar-refractivity contribution in [2.75, 3.05) is 19.7 Å². The number of nitrogens with one attached hydrogen (secondary N) is 2. The molecule has 0 rings (SSSR count). The first-order valence-electron chi connectivity index (χ1n) is 6.14. The Hall–Kier alpha value is -0.610. The number of amides is 1. The van der Waals surface area contributed by atoms with E-state index in [0.717, 1.165) is 19.5 Å². The van der Waals surface area contributed by atoms with Crippen LogP contribution in [0.1, 0.15) is 40.5 Å². The first-order valence-corrected chi connectivity index (χ1v) is 6.14. The Morgan fingerprint density at radius 1 is 1.19 bits per heavy atom. The molecule has 0 aliphatic heterocycles. The first kappa shape index (κ1) is 15.4. The summed E-state index contributed by atoms with van der Waals surface area (Å²) in [5.74, 6) is 0.0743. The molecule has 0 saturated heterocycles. The van der Waals surface area contributed by atoms with Crippen LogP contribution in [-0.4, -0.2) is 37.7 Å². The van der Waals surface area contributed by atoms with E-state index in [2.05, 4.69) is 24.5 Å². The second kappa shape index (κ2) is 9.60. The van der Waals surface area contributed by atoms with Crippen LogP contribution < -0.4 is 10.6 Å². The van der Waals surface area contributed by atoms with E-state index in [1.165, 1.54) is 0 Å². The molecule has 0 aromatic carbocycles. The van der Waals surface area contributed by atoms with Crippen LogP contribution in [0.5, 0.6) is 0 Å². The van der Waals surface area contributed by atoms with Gasteiger partial charge in [-0.25, -0.2) is 0 Å². The third-order valence-corrected chi connectivity index (χ3v) is 2.01. The molecule has 0 aliphatic rings. The van der Waals surface area contributed by atoms with E-state index < -0.39 is 0 Å². The molecule has 0 atom stereocenters. The molecule has 0 aliphatic carbocycles. The average Bonchev–Trinajstić information content (AvgIpc) is 2.16. The van der Waals surface area contributed by atoms with E-state index in [-0.39, 0.29) is 12.0 Å². The molecular weight excluding hydrogens is 204 g/mol. The van der Waals surface area contributed by atoms with Crippen molar-refractivity contribution in [1.82, 2.24) is 10.6 Å². The zero-order valence-electron chi connectivity index (χ0n) is 11.0. The van der Waals surface area contributed by atoms with E-state index in [4.69, 9.17) is 4.74 Å². The third kappa shape index (κ3) is 11.5. The highest BCUT2D eigenvalue weighted by molar-refractivity contribution is 5.75. The van der Waals surface area contributed by atoms with Crippen LogP contribution in [0.4, 0.5) is 0 Å². The largest absolute Gasteiger partial charge is 0.378 e. The van der Waals surface area contributed by atoms with Crippen molar-refractivity contribution in [3.63, 3.8) is 0 Å². The summed E-state index contributed by atoms with van der Waals surface area (Å²) in [5, 5.41) is 6.17. The van der Waals surface area contributed by atoms with Crippen LogP contribution in [0.3, 0.4) is 0 Å². The highest BCUT2D eigenvalue weighted by Gasteiger charge is 2.01. The average molecular weight is 230 g/mol. The summed E-state index contributed by atoms with van der Waals surface area (Å²) in [5.41, 5.74) is 0. The van der Waals surface area contributed by atoms with Crippen LogP contribution in [0.15, 0.2) is 0 Å². The Kier molecular flexibility index (Phi) is 9.24. The number of carbonyl (C=O) groups is 1. The fourth-order valence-electron chi connectivity index (χ4n) is 1.18. The minimum Gasteiger partial charge on any atom is -0.378 e. The Bertz CT molecular complexity index is 182. The molecular formula is C12H26N2O2. The smallest absolute Gasteiger partial charge is 0.222 e. The van der Waals surface area contributed by atoms with Gasteiger partial charge in [-0.3, -0.25) is 4.79 Å². The van der Waals surface area contributed by atoms with Gasteiger partial charge in [0.15, 0.2) is 0 Å².